The summed E-state index contributed by atoms with van der Waals surface area (Å²) >= 11 is 12.2. The van der Waals surface area contributed by atoms with Gasteiger partial charge in [-0.1, -0.05) is 29.3 Å². The van der Waals surface area contributed by atoms with Gasteiger partial charge in [0.1, 0.15) is 11.2 Å². The number of ether oxygens (including phenoxy) is 4. The van der Waals surface area contributed by atoms with Gasteiger partial charge in [0.2, 0.25) is 0 Å². The largest absolute Gasteiger partial charge is 0.444 e. The molecule has 0 aliphatic carbocycles. The Balaban J connectivity index is 0.000000202. The summed E-state index contributed by atoms with van der Waals surface area (Å²) in [6.07, 6.45) is 0.442. The summed E-state index contributed by atoms with van der Waals surface area (Å²) in [5.41, 5.74) is 3.21. The van der Waals surface area contributed by atoms with E-state index >= 15 is 0 Å². The molecule has 6 rings (SSSR count). The van der Waals surface area contributed by atoms with Gasteiger partial charge in [-0.15, -0.1) is 0 Å². The molecule has 0 saturated carbocycles. The molecule has 2 aromatic carbocycles. The zero-order valence-electron chi connectivity index (χ0n) is 33.4. The Kier molecular flexibility index (Phi) is 17.2. The molecule has 4 aliphatic rings. The van der Waals surface area contributed by atoms with E-state index in [4.69, 9.17) is 42.1 Å². The number of carbonyl (C=O) groups is 3. The van der Waals surface area contributed by atoms with Gasteiger partial charge in [-0.3, -0.25) is 9.69 Å². The van der Waals surface area contributed by atoms with Gasteiger partial charge in [-0.2, -0.15) is 0 Å². The Morgan fingerprint density at radius 1 is 0.673 bits per heavy atom. The lowest BCUT2D eigenvalue weighted by molar-refractivity contribution is 0.0138. The number of hydrogen-bond acceptors (Lipinski definition) is 11. The molecule has 0 unspecified atom stereocenters. The molecular weight excluding hydrogens is 747 g/mol. The van der Waals surface area contributed by atoms with E-state index < -0.39 is 5.60 Å². The second-order valence-corrected chi connectivity index (χ2v) is 16.6. The van der Waals surface area contributed by atoms with Gasteiger partial charge < -0.3 is 43.9 Å². The van der Waals surface area contributed by atoms with Crippen LogP contribution in [0.1, 0.15) is 57.5 Å². The molecular formula is C40H60Cl2N6O7. The summed E-state index contributed by atoms with van der Waals surface area (Å²) in [7, 11) is 0. The number of aldehydes is 1. The van der Waals surface area contributed by atoms with Crippen molar-refractivity contribution in [1.82, 2.24) is 20.0 Å². The number of carbonyl (C=O) groups excluding carboxylic acids is 3. The topological polar surface area (TPSA) is 116 Å². The zero-order chi connectivity index (χ0) is 40.0. The summed E-state index contributed by atoms with van der Waals surface area (Å²) in [6, 6.07) is 11.4. The zero-order valence-corrected chi connectivity index (χ0v) is 34.9. The van der Waals surface area contributed by atoms with Crippen LogP contribution in [0.3, 0.4) is 0 Å². The third kappa shape index (κ3) is 15.3. The maximum Gasteiger partial charge on any atom is 0.410 e. The molecule has 0 spiro atoms. The van der Waals surface area contributed by atoms with Crippen molar-refractivity contribution in [1.29, 1.82) is 0 Å². The van der Waals surface area contributed by atoms with Crippen molar-refractivity contribution < 1.29 is 33.3 Å². The van der Waals surface area contributed by atoms with Crippen LogP contribution in [-0.4, -0.2) is 149 Å². The molecule has 15 heteroatoms. The molecule has 4 fully saturated rings. The number of benzene rings is 2. The Hall–Kier alpha value is -3.33. The van der Waals surface area contributed by atoms with Crippen LogP contribution in [-0.2, 0) is 25.5 Å². The standard InChI is InChI=1S/C20H30ClN3O3.C11H12ClNO2.C9H18N2O2/c1-20(2,3)27-19(25)24-8-6-22(7-9-24)15-16-4-5-17(21)14-18(16)23-10-12-26-13-11-23;12-10-2-1-9(8-14)11(7-10)13-3-5-15-6-4-13;1-9(2,3)13-8(12)11-6-4-10-5-7-11/h4-5,14H,6-13,15H2,1-3H3;1-2,7-8H,3-6H2;10H,4-7H2,1-3H3. The average molecular weight is 808 g/mol. The quantitative estimate of drug-likeness (QED) is 0.357. The number of nitrogens with one attached hydrogen (secondary N) is 1. The molecule has 0 atom stereocenters. The van der Waals surface area contributed by atoms with Crippen molar-refractivity contribution in [3.63, 3.8) is 0 Å². The number of piperazine rings is 2. The highest BCUT2D eigenvalue weighted by atomic mass is 35.5. The van der Waals surface area contributed by atoms with Crippen molar-refractivity contribution in [3.8, 4) is 0 Å². The number of anilines is 2. The SMILES string of the molecule is CC(C)(C)OC(=O)N1CCN(Cc2ccc(Cl)cc2N2CCOCC2)CC1.CC(C)(C)OC(=O)N1CCNCC1.O=Cc1ccc(Cl)cc1N1CCOCC1. The van der Waals surface area contributed by atoms with Crippen LogP contribution in [0.15, 0.2) is 36.4 Å². The van der Waals surface area contributed by atoms with Gasteiger partial charge in [0.25, 0.3) is 0 Å². The van der Waals surface area contributed by atoms with Crippen LogP contribution in [0, 0.1) is 0 Å². The first-order chi connectivity index (χ1) is 26.1. The summed E-state index contributed by atoms with van der Waals surface area (Å²) in [5.74, 6) is 0. The predicted octanol–water partition coefficient (Wildman–Crippen LogP) is 6.05. The van der Waals surface area contributed by atoms with E-state index in [9.17, 15) is 14.4 Å². The molecule has 55 heavy (non-hydrogen) atoms. The van der Waals surface area contributed by atoms with E-state index in [1.807, 2.05) is 53.7 Å². The van der Waals surface area contributed by atoms with Gasteiger partial charge in [0, 0.05) is 112 Å². The van der Waals surface area contributed by atoms with E-state index in [0.717, 1.165) is 102 Å². The first-order valence-electron chi connectivity index (χ1n) is 19.2. The van der Waals surface area contributed by atoms with Gasteiger partial charge in [0.05, 0.1) is 26.4 Å². The summed E-state index contributed by atoms with van der Waals surface area (Å²) in [5, 5.41) is 4.60. The van der Waals surface area contributed by atoms with E-state index in [-0.39, 0.29) is 17.8 Å². The lowest BCUT2D eigenvalue weighted by Crippen LogP contribution is -2.49. The lowest BCUT2D eigenvalue weighted by Gasteiger charge is -2.37. The number of halogens is 2. The third-order valence-corrected chi connectivity index (χ3v) is 9.53. The molecule has 2 aromatic rings. The van der Waals surface area contributed by atoms with Crippen molar-refractivity contribution >= 4 is 53.0 Å². The normalized spacial score (nSPS) is 18.3. The molecule has 4 heterocycles. The van der Waals surface area contributed by atoms with Crippen LogP contribution in [0.2, 0.25) is 10.0 Å². The Morgan fingerprint density at radius 2 is 1.13 bits per heavy atom. The Bertz CT molecular complexity index is 1530. The van der Waals surface area contributed by atoms with Gasteiger partial charge in [-0.25, -0.2) is 9.59 Å². The van der Waals surface area contributed by atoms with Crippen molar-refractivity contribution in [2.24, 2.45) is 0 Å². The molecule has 4 saturated heterocycles. The molecule has 0 aromatic heterocycles. The predicted molar refractivity (Wildman–Crippen MR) is 218 cm³/mol. The molecule has 1 N–H and O–H groups in total. The summed E-state index contributed by atoms with van der Waals surface area (Å²) in [4.78, 5) is 45.0. The monoisotopic (exact) mass is 806 g/mol. The molecule has 306 valence electrons. The number of hydrogen-bond donors (Lipinski definition) is 1. The van der Waals surface area contributed by atoms with Crippen molar-refractivity contribution in [2.45, 2.75) is 59.3 Å². The van der Waals surface area contributed by atoms with Crippen LogP contribution in [0.25, 0.3) is 0 Å². The summed E-state index contributed by atoms with van der Waals surface area (Å²) in [6.45, 7) is 24.7. The van der Waals surface area contributed by atoms with Crippen LogP contribution in [0.4, 0.5) is 21.0 Å². The fourth-order valence-corrected chi connectivity index (χ4v) is 6.63. The highest BCUT2D eigenvalue weighted by Crippen LogP contribution is 2.28. The van der Waals surface area contributed by atoms with E-state index in [1.54, 1.807) is 21.9 Å². The smallest absolute Gasteiger partial charge is 0.410 e. The van der Waals surface area contributed by atoms with E-state index in [2.05, 4.69) is 32.1 Å². The number of amides is 2. The Morgan fingerprint density at radius 3 is 1.62 bits per heavy atom. The summed E-state index contributed by atoms with van der Waals surface area (Å²) < 4.78 is 21.5. The van der Waals surface area contributed by atoms with Crippen molar-refractivity contribution in [3.05, 3.63) is 57.6 Å². The van der Waals surface area contributed by atoms with Gasteiger partial charge >= 0.3 is 12.2 Å². The fraction of sp³-hybridized carbons (Fsp3) is 0.625. The minimum Gasteiger partial charge on any atom is -0.444 e. The van der Waals surface area contributed by atoms with E-state index in [1.165, 1.54) is 11.3 Å². The molecule has 0 radical (unpaired) electrons. The fourth-order valence-electron chi connectivity index (χ4n) is 6.29. The van der Waals surface area contributed by atoms with Crippen molar-refractivity contribution in [2.75, 3.05) is 115 Å². The molecule has 13 nitrogen and oxygen atoms in total. The first kappa shape index (κ1) is 44.4. The molecule has 4 aliphatic heterocycles. The van der Waals surface area contributed by atoms with Crippen LogP contribution < -0.4 is 15.1 Å². The average Bonchev–Trinajstić information content (AvgIpc) is 3.16. The first-order valence-corrected chi connectivity index (χ1v) is 19.9. The van der Waals surface area contributed by atoms with Crippen LogP contribution in [0.5, 0.6) is 0 Å². The molecule has 2 amide bonds. The van der Waals surface area contributed by atoms with E-state index in [0.29, 0.717) is 36.9 Å². The van der Waals surface area contributed by atoms with Gasteiger partial charge in [-0.05, 0) is 77.4 Å². The second kappa shape index (κ2) is 21.3. The maximum atomic E-state index is 12.2. The minimum absolute atomic E-state index is 0.200. The highest BCUT2D eigenvalue weighted by Gasteiger charge is 2.27. The number of nitrogens with zero attached hydrogens (tertiary/aromatic N) is 5. The Labute approximate surface area is 337 Å². The third-order valence-electron chi connectivity index (χ3n) is 9.06. The van der Waals surface area contributed by atoms with Crippen LogP contribution >= 0.6 is 23.2 Å². The number of rotatable bonds is 5. The number of morpholine rings is 2. The second-order valence-electron chi connectivity index (χ2n) is 15.8. The lowest BCUT2D eigenvalue weighted by atomic mass is 10.1. The molecule has 0 bridgehead atoms. The maximum absolute atomic E-state index is 12.2. The van der Waals surface area contributed by atoms with Gasteiger partial charge in [0.15, 0.2) is 6.29 Å². The minimum atomic E-state index is -0.454. The highest BCUT2D eigenvalue weighted by molar-refractivity contribution is 6.31.